The lowest BCUT2D eigenvalue weighted by atomic mass is 9.84. The summed E-state index contributed by atoms with van der Waals surface area (Å²) in [5, 5.41) is 21.0. The van der Waals surface area contributed by atoms with Crippen molar-refractivity contribution >= 4 is 5.97 Å². The predicted molar refractivity (Wildman–Crippen MR) is 101 cm³/mol. The maximum atomic E-state index is 11.4. The molecular weight excluding hydrogens is 332 g/mol. The summed E-state index contributed by atoms with van der Waals surface area (Å²) >= 11 is 0. The van der Waals surface area contributed by atoms with Crippen LogP contribution in [0.3, 0.4) is 0 Å². The number of benzene rings is 1. The van der Waals surface area contributed by atoms with Gasteiger partial charge in [-0.25, -0.2) is 4.79 Å². The van der Waals surface area contributed by atoms with Gasteiger partial charge in [-0.05, 0) is 12.5 Å². The van der Waals surface area contributed by atoms with Gasteiger partial charge in [-0.1, -0.05) is 57.2 Å². The van der Waals surface area contributed by atoms with Gasteiger partial charge in [0.25, 0.3) is 0 Å². The van der Waals surface area contributed by atoms with E-state index in [0.29, 0.717) is 19.8 Å². The quantitative estimate of drug-likeness (QED) is 0.466. The standard InChI is InChI=1S/C21H32O5/c1-5-26-19(22)12-11-15(2)20(23)17(4)21(24)16(3)13-25-14-18-9-7-6-8-10-18/h6-12,15-17,20-21,23-24H,5,13-14H2,1-4H3/b12-11+/t15-,16+,17-,20-,21+/m0/s1. The zero-order valence-electron chi connectivity index (χ0n) is 16.2. The van der Waals surface area contributed by atoms with Crippen molar-refractivity contribution in [3.63, 3.8) is 0 Å². The molecule has 146 valence electrons. The van der Waals surface area contributed by atoms with Crippen molar-refractivity contribution in [1.29, 1.82) is 0 Å². The van der Waals surface area contributed by atoms with Crippen LogP contribution >= 0.6 is 0 Å². The van der Waals surface area contributed by atoms with E-state index in [2.05, 4.69) is 0 Å². The zero-order valence-corrected chi connectivity index (χ0v) is 16.2. The molecule has 0 fully saturated rings. The second kappa shape index (κ2) is 11.8. The first-order valence-corrected chi connectivity index (χ1v) is 9.19. The highest BCUT2D eigenvalue weighted by atomic mass is 16.5. The third kappa shape index (κ3) is 7.68. The molecule has 5 heteroatoms. The van der Waals surface area contributed by atoms with Crippen LogP contribution in [0.1, 0.15) is 33.3 Å². The molecule has 0 aliphatic heterocycles. The Balaban J connectivity index is 2.45. The third-order valence-electron chi connectivity index (χ3n) is 4.51. The van der Waals surface area contributed by atoms with Gasteiger partial charge >= 0.3 is 5.97 Å². The molecule has 0 unspecified atom stereocenters. The van der Waals surface area contributed by atoms with Crippen molar-refractivity contribution in [2.45, 2.75) is 46.5 Å². The lowest BCUT2D eigenvalue weighted by Crippen LogP contribution is -2.38. The van der Waals surface area contributed by atoms with Crippen LogP contribution in [0.15, 0.2) is 42.5 Å². The van der Waals surface area contributed by atoms with Gasteiger partial charge in [0.2, 0.25) is 0 Å². The molecule has 0 saturated carbocycles. The van der Waals surface area contributed by atoms with Crippen LogP contribution in [0.5, 0.6) is 0 Å². The van der Waals surface area contributed by atoms with E-state index in [0.717, 1.165) is 5.56 Å². The van der Waals surface area contributed by atoms with Crippen LogP contribution in [0.2, 0.25) is 0 Å². The van der Waals surface area contributed by atoms with Crippen molar-refractivity contribution in [2.24, 2.45) is 17.8 Å². The fourth-order valence-corrected chi connectivity index (χ4v) is 2.77. The van der Waals surface area contributed by atoms with Gasteiger partial charge in [0.05, 0.1) is 32.0 Å². The van der Waals surface area contributed by atoms with E-state index < -0.39 is 18.2 Å². The number of aliphatic hydroxyl groups is 2. The van der Waals surface area contributed by atoms with Gasteiger partial charge < -0.3 is 19.7 Å². The van der Waals surface area contributed by atoms with Crippen molar-refractivity contribution < 1.29 is 24.5 Å². The number of ether oxygens (including phenoxy) is 2. The number of rotatable bonds is 11. The maximum Gasteiger partial charge on any atom is 0.330 e. The Bertz CT molecular complexity index is 543. The topological polar surface area (TPSA) is 76.0 Å². The molecule has 0 bridgehead atoms. The van der Waals surface area contributed by atoms with Gasteiger partial charge in [0.15, 0.2) is 0 Å². The van der Waals surface area contributed by atoms with E-state index in [-0.39, 0.29) is 17.8 Å². The monoisotopic (exact) mass is 364 g/mol. The van der Waals surface area contributed by atoms with Gasteiger partial charge in [0, 0.05) is 23.8 Å². The molecule has 0 aromatic heterocycles. The first-order valence-electron chi connectivity index (χ1n) is 9.19. The van der Waals surface area contributed by atoms with Crippen molar-refractivity contribution in [3.8, 4) is 0 Å². The summed E-state index contributed by atoms with van der Waals surface area (Å²) in [4.78, 5) is 11.4. The first-order chi connectivity index (χ1) is 12.4. The molecule has 0 aliphatic carbocycles. The highest BCUT2D eigenvalue weighted by molar-refractivity contribution is 5.81. The van der Waals surface area contributed by atoms with Gasteiger partial charge in [0.1, 0.15) is 0 Å². The normalized spacial score (nSPS) is 17.5. The summed E-state index contributed by atoms with van der Waals surface area (Å²) in [6.45, 7) is 8.46. The Hall–Kier alpha value is -1.69. The maximum absolute atomic E-state index is 11.4. The largest absolute Gasteiger partial charge is 0.463 e. The molecule has 0 radical (unpaired) electrons. The van der Waals surface area contributed by atoms with Crippen LogP contribution in [-0.4, -0.2) is 41.6 Å². The molecule has 0 amide bonds. The lowest BCUT2D eigenvalue weighted by Gasteiger charge is -2.30. The number of carbonyl (C=O) groups is 1. The average molecular weight is 364 g/mol. The molecule has 1 aromatic rings. The first kappa shape index (κ1) is 22.4. The van der Waals surface area contributed by atoms with Crippen molar-refractivity contribution in [2.75, 3.05) is 13.2 Å². The van der Waals surface area contributed by atoms with Crippen LogP contribution < -0.4 is 0 Å². The van der Waals surface area contributed by atoms with Gasteiger partial charge in [-0.3, -0.25) is 0 Å². The Morgan fingerprint density at radius 3 is 2.38 bits per heavy atom. The fourth-order valence-electron chi connectivity index (χ4n) is 2.77. The Morgan fingerprint density at radius 2 is 1.77 bits per heavy atom. The SMILES string of the molecule is CCOC(=O)/C=C/[C@H](C)[C@H](O)[C@H](C)[C@H](O)[C@H](C)COCc1ccccc1. The highest BCUT2D eigenvalue weighted by Gasteiger charge is 2.29. The minimum atomic E-state index is -0.771. The summed E-state index contributed by atoms with van der Waals surface area (Å²) in [5.74, 6) is -1.18. The number of hydrogen-bond acceptors (Lipinski definition) is 5. The lowest BCUT2D eigenvalue weighted by molar-refractivity contribution is -0.137. The minimum Gasteiger partial charge on any atom is -0.463 e. The van der Waals surface area contributed by atoms with E-state index >= 15 is 0 Å². The number of esters is 1. The Morgan fingerprint density at radius 1 is 1.12 bits per heavy atom. The molecule has 0 spiro atoms. The second-order valence-corrected chi connectivity index (χ2v) is 6.79. The molecule has 1 aromatic carbocycles. The van der Waals surface area contributed by atoms with Crippen LogP contribution in [0.25, 0.3) is 0 Å². The minimum absolute atomic E-state index is 0.121. The fraction of sp³-hybridized carbons (Fsp3) is 0.571. The molecule has 0 aliphatic rings. The van der Waals surface area contributed by atoms with Gasteiger partial charge in [-0.2, -0.15) is 0 Å². The smallest absolute Gasteiger partial charge is 0.330 e. The average Bonchev–Trinajstić information content (AvgIpc) is 2.65. The third-order valence-corrected chi connectivity index (χ3v) is 4.51. The molecular formula is C21H32O5. The Labute approximate surface area is 156 Å². The predicted octanol–water partition coefficient (Wildman–Crippen LogP) is 2.95. The van der Waals surface area contributed by atoms with E-state index in [1.165, 1.54) is 6.08 Å². The summed E-state index contributed by atoms with van der Waals surface area (Å²) in [6, 6.07) is 9.85. The van der Waals surface area contributed by atoms with E-state index in [9.17, 15) is 15.0 Å². The number of carbonyl (C=O) groups excluding carboxylic acids is 1. The highest BCUT2D eigenvalue weighted by Crippen LogP contribution is 2.22. The Kier molecular flexibility index (Phi) is 10.2. The summed E-state index contributed by atoms with van der Waals surface area (Å²) in [7, 11) is 0. The summed E-state index contributed by atoms with van der Waals surface area (Å²) in [5.41, 5.74) is 1.08. The van der Waals surface area contributed by atoms with Crippen molar-refractivity contribution in [3.05, 3.63) is 48.0 Å². The van der Waals surface area contributed by atoms with Gasteiger partial charge in [-0.15, -0.1) is 0 Å². The molecule has 2 N–H and O–H groups in total. The zero-order chi connectivity index (χ0) is 19.5. The number of hydrogen-bond donors (Lipinski definition) is 2. The van der Waals surface area contributed by atoms with Crippen LogP contribution in [0.4, 0.5) is 0 Å². The van der Waals surface area contributed by atoms with Crippen molar-refractivity contribution in [1.82, 2.24) is 0 Å². The number of aliphatic hydroxyl groups excluding tert-OH is 2. The second-order valence-electron chi connectivity index (χ2n) is 6.79. The summed E-state index contributed by atoms with van der Waals surface area (Å²) < 4.78 is 10.5. The van der Waals surface area contributed by atoms with Crippen LogP contribution in [-0.2, 0) is 20.9 Å². The van der Waals surface area contributed by atoms with Crippen LogP contribution in [0, 0.1) is 17.8 Å². The molecule has 26 heavy (non-hydrogen) atoms. The van der Waals surface area contributed by atoms with E-state index in [1.54, 1.807) is 26.8 Å². The molecule has 0 heterocycles. The van der Waals surface area contributed by atoms with E-state index in [1.807, 2.05) is 37.3 Å². The molecule has 0 saturated heterocycles. The summed E-state index contributed by atoms with van der Waals surface area (Å²) in [6.07, 6.45) is 1.46. The van der Waals surface area contributed by atoms with E-state index in [4.69, 9.17) is 9.47 Å². The molecule has 1 rings (SSSR count). The molecule has 5 atom stereocenters. The molecule has 5 nitrogen and oxygen atoms in total.